The molecular formula is C23H29ClN2O2. The van der Waals surface area contributed by atoms with Crippen molar-refractivity contribution in [2.45, 2.75) is 45.9 Å². The Kier molecular flexibility index (Phi) is 7.35. The van der Waals surface area contributed by atoms with Crippen LogP contribution < -0.4 is 10.1 Å². The monoisotopic (exact) mass is 400 g/mol. The van der Waals surface area contributed by atoms with Gasteiger partial charge in [0.2, 0.25) is 5.91 Å². The molecule has 5 heteroatoms. The van der Waals surface area contributed by atoms with E-state index in [2.05, 4.69) is 16.3 Å². The van der Waals surface area contributed by atoms with Crippen LogP contribution in [0.25, 0.3) is 0 Å². The molecule has 1 saturated heterocycles. The summed E-state index contributed by atoms with van der Waals surface area (Å²) < 4.78 is 5.72. The van der Waals surface area contributed by atoms with Gasteiger partial charge in [0.15, 0.2) is 0 Å². The van der Waals surface area contributed by atoms with Gasteiger partial charge in [-0.2, -0.15) is 0 Å². The van der Waals surface area contributed by atoms with Crippen LogP contribution in [0.3, 0.4) is 0 Å². The summed E-state index contributed by atoms with van der Waals surface area (Å²) in [7, 11) is 0. The lowest BCUT2D eigenvalue weighted by atomic mass is 9.95. The molecule has 1 aliphatic heterocycles. The van der Waals surface area contributed by atoms with Crippen molar-refractivity contribution >= 4 is 17.5 Å². The van der Waals surface area contributed by atoms with E-state index >= 15 is 0 Å². The lowest BCUT2D eigenvalue weighted by Gasteiger charge is -2.31. The van der Waals surface area contributed by atoms with Crippen LogP contribution in [-0.4, -0.2) is 30.0 Å². The second-order valence-corrected chi connectivity index (χ2v) is 8.15. The van der Waals surface area contributed by atoms with E-state index in [1.807, 2.05) is 56.3 Å². The van der Waals surface area contributed by atoms with Gasteiger partial charge in [-0.25, -0.2) is 0 Å². The first-order chi connectivity index (χ1) is 13.5. The maximum absolute atomic E-state index is 12.6. The van der Waals surface area contributed by atoms with Gasteiger partial charge in [-0.05, 0) is 75.2 Å². The topological polar surface area (TPSA) is 41.6 Å². The number of amides is 1. The highest BCUT2D eigenvalue weighted by Crippen LogP contribution is 2.21. The van der Waals surface area contributed by atoms with E-state index < -0.39 is 0 Å². The largest absolute Gasteiger partial charge is 0.491 e. The summed E-state index contributed by atoms with van der Waals surface area (Å²) in [6, 6.07) is 15.9. The van der Waals surface area contributed by atoms with E-state index in [4.69, 9.17) is 16.3 Å². The zero-order chi connectivity index (χ0) is 19.9. The Bertz CT molecular complexity index is 786. The van der Waals surface area contributed by atoms with Crippen molar-refractivity contribution in [1.82, 2.24) is 10.2 Å². The summed E-state index contributed by atoms with van der Waals surface area (Å²) in [4.78, 5) is 15.0. The van der Waals surface area contributed by atoms with Crippen LogP contribution in [0.4, 0.5) is 0 Å². The zero-order valence-corrected chi connectivity index (χ0v) is 17.4. The highest BCUT2D eigenvalue weighted by Gasteiger charge is 2.24. The Morgan fingerprint density at radius 3 is 2.57 bits per heavy atom. The number of carbonyl (C=O) groups is 1. The minimum atomic E-state index is 0.0886. The predicted molar refractivity (Wildman–Crippen MR) is 114 cm³/mol. The van der Waals surface area contributed by atoms with E-state index in [0.29, 0.717) is 6.54 Å². The summed E-state index contributed by atoms with van der Waals surface area (Å²) in [6.07, 6.45) is 1.92. The number of carbonyl (C=O) groups excluding carboxylic acids is 1. The molecule has 1 amide bonds. The smallest absolute Gasteiger partial charge is 0.223 e. The van der Waals surface area contributed by atoms with Gasteiger partial charge in [0.25, 0.3) is 0 Å². The van der Waals surface area contributed by atoms with Gasteiger partial charge in [0.05, 0.1) is 6.10 Å². The predicted octanol–water partition coefficient (Wildman–Crippen LogP) is 4.66. The Hall–Kier alpha value is -2.04. The Labute approximate surface area is 172 Å². The first-order valence-corrected chi connectivity index (χ1v) is 10.4. The van der Waals surface area contributed by atoms with Gasteiger partial charge in [-0.15, -0.1) is 0 Å². The average molecular weight is 401 g/mol. The third-order valence-corrected chi connectivity index (χ3v) is 5.23. The molecule has 4 nitrogen and oxygen atoms in total. The molecule has 1 N–H and O–H groups in total. The van der Waals surface area contributed by atoms with E-state index in [1.54, 1.807) is 0 Å². The maximum atomic E-state index is 12.6. The first kappa shape index (κ1) is 20.7. The van der Waals surface area contributed by atoms with Gasteiger partial charge in [-0.3, -0.25) is 9.69 Å². The second kappa shape index (κ2) is 9.94. The van der Waals surface area contributed by atoms with Gasteiger partial charge in [-0.1, -0.05) is 35.9 Å². The molecule has 0 unspecified atom stereocenters. The molecule has 0 aromatic heterocycles. The molecule has 0 aliphatic carbocycles. The second-order valence-electron chi connectivity index (χ2n) is 7.71. The maximum Gasteiger partial charge on any atom is 0.223 e. The van der Waals surface area contributed by atoms with Crippen molar-refractivity contribution in [3.8, 4) is 5.75 Å². The lowest BCUT2D eigenvalue weighted by Crippen LogP contribution is -2.40. The van der Waals surface area contributed by atoms with Crippen LogP contribution >= 0.6 is 11.6 Å². The van der Waals surface area contributed by atoms with Crippen LogP contribution in [0.5, 0.6) is 5.75 Å². The minimum Gasteiger partial charge on any atom is -0.491 e. The Balaban J connectivity index is 1.44. The number of ether oxygens (including phenoxy) is 1. The number of rotatable bonds is 7. The van der Waals surface area contributed by atoms with E-state index in [9.17, 15) is 4.79 Å². The molecule has 0 spiro atoms. The number of benzene rings is 2. The number of nitrogens with one attached hydrogen (secondary N) is 1. The average Bonchev–Trinajstić information content (AvgIpc) is 2.66. The molecule has 3 rings (SSSR count). The summed E-state index contributed by atoms with van der Waals surface area (Å²) in [5.41, 5.74) is 2.28. The summed E-state index contributed by atoms with van der Waals surface area (Å²) in [6.45, 7) is 7.30. The molecule has 2 aromatic carbocycles. The fourth-order valence-corrected chi connectivity index (χ4v) is 3.79. The van der Waals surface area contributed by atoms with Gasteiger partial charge in [0.1, 0.15) is 5.75 Å². The Morgan fingerprint density at radius 2 is 1.86 bits per heavy atom. The lowest BCUT2D eigenvalue weighted by molar-refractivity contribution is -0.126. The summed E-state index contributed by atoms with van der Waals surface area (Å²) >= 11 is 6.07. The fourth-order valence-electron chi connectivity index (χ4n) is 3.58. The summed E-state index contributed by atoms with van der Waals surface area (Å²) in [5.74, 6) is 1.08. The molecule has 1 aliphatic rings. The molecule has 1 heterocycles. The normalized spacial score (nSPS) is 15.6. The van der Waals surface area contributed by atoms with Crippen molar-refractivity contribution in [3.05, 3.63) is 64.7 Å². The number of piperidine rings is 1. The third-order valence-electron chi connectivity index (χ3n) is 4.99. The number of hydrogen-bond acceptors (Lipinski definition) is 3. The number of hydrogen-bond donors (Lipinski definition) is 1. The standard InChI is InChI=1S/C23H29ClN2O2/c1-17(2)28-22-8-4-5-18(14-22)15-25-23(27)20-9-11-26(12-10-20)16-19-6-3-7-21(24)13-19/h3-8,13-14,17,20H,9-12,15-16H2,1-2H3,(H,25,27). The molecule has 28 heavy (non-hydrogen) atoms. The van der Waals surface area contributed by atoms with Crippen LogP contribution in [-0.2, 0) is 17.9 Å². The van der Waals surface area contributed by atoms with E-state index in [1.165, 1.54) is 5.56 Å². The van der Waals surface area contributed by atoms with Crippen LogP contribution in [0, 0.1) is 5.92 Å². The highest BCUT2D eigenvalue weighted by atomic mass is 35.5. The minimum absolute atomic E-state index is 0.0886. The van der Waals surface area contributed by atoms with Crippen molar-refractivity contribution in [1.29, 1.82) is 0 Å². The van der Waals surface area contributed by atoms with Crippen molar-refractivity contribution < 1.29 is 9.53 Å². The van der Waals surface area contributed by atoms with E-state index in [-0.39, 0.29) is 17.9 Å². The molecule has 0 saturated carbocycles. The summed E-state index contributed by atoms with van der Waals surface area (Å²) in [5, 5.41) is 3.86. The van der Waals surface area contributed by atoms with Crippen molar-refractivity contribution in [3.63, 3.8) is 0 Å². The quantitative estimate of drug-likeness (QED) is 0.735. The van der Waals surface area contributed by atoms with Gasteiger partial charge in [0, 0.05) is 24.0 Å². The molecule has 2 aromatic rings. The molecular weight excluding hydrogens is 372 g/mol. The van der Waals surface area contributed by atoms with Crippen molar-refractivity contribution in [2.24, 2.45) is 5.92 Å². The molecule has 0 bridgehead atoms. The highest BCUT2D eigenvalue weighted by molar-refractivity contribution is 6.30. The molecule has 1 fully saturated rings. The molecule has 0 atom stereocenters. The van der Waals surface area contributed by atoms with Crippen LogP contribution in [0.15, 0.2) is 48.5 Å². The SMILES string of the molecule is CC(C)Oc1cccc(CNC(=O)C2CCN(Cc3cccc(Cl)c3)CC2)c1. The van der Waals surface area contributed by atoms with E-state index in [0.717, 1.165) is 48.8 Å². The number of likely N-dealkylation sites (tertiary alicyclic amines) is 1. The Morgan fingerprint density at radius 1 is 1.14 bits per heavy atom. The number of nitrogens with zero attached hydrogens (tertiary/aromatic N) is 1. The molecule has 150 valence electrons. The van der Waals surface area contributed by atoms with Crippen LogP contribution in [0.2, 0.25) is 5.02 Å². The molecule has 0 radical (unpaired) electrons. The zero-order valence-electron chi connectivity index (χ0n) is 16.7. The first-order valence-electron chi connectivity index (χ1n) is 9.99. The number of halogens is 1. The van der Waals surface area contributed by atoms with Crippen molar-refractivity contribution in [2.75, 3.05) is 13.1 Å². The van der Waals surface area contributed by atoms with Gasteiger partial charge < -0.3 is 10.1 Å². The third kappa shape index (κ3) is 6.25. The van der Waals surface area contributed by atoms with Crippen LogP contribution in [0.1, 0.15) is 37.8 Å². The van der Waals surface area contributed by atoms with Gasteiger partial charge >= 0.3 is 0 Å². The fraction of sp³-hybridized carbons (Fsp3) is 0.435.